The summed E-state index contributed by atoms with van der Waals surface area (Å²) < 4.78 is 11.0. The lowest BCUT2D eigenvalue weighted by Crippen LogP contribution is -2.32. The predicted octanol–water partition coefficient (Wildman–Crippen LogP) is 5.03. The van der Waals surface area contributed by atoms with Crippen LogP contribution < -0.4 is 15.4 Å². The van der Waals surface area contributed by atoms with E-state index >= 15 is 0 Å². The lowest BCUT2D eigenvalue weighted by atomic mass is 10.2. The van der Waals surface area contributed by atoms with E-state index in [4.69, 9.17) is 21.4 Å². The molecule has 0 radical (unpaired) electrons. The first kappa shape index (κ1) is 20.3. The number of fused-ring (bicyclic) bond motifs is 1. The molecule has 4 aromatic rings. The minimum Gasteiger partial charge on any atom is -0.497 e. The molecule has 0 aliphatic rings. The number of hydrogen-bond acceptors (Lipinski definition) is 5. The normalized spacial score (nSPS) is 10.9. The Morgan fingerprint density at radius 3 is 2.58 bits per heavy atom. The number of oxazole rings is 1. The van der Waals surface area contributed by atoms with Gasteiger partial charge in [0.05, 0.1) is 7.11 Å². The molecule has 6 nitrogen and oxygen atoms in total. The number of benzene rings is 3. The van der Waals surface area contributed by atoms with E-state index in [1.807, 2.05) is 66.7 Å². The van der Waals surface area contributed by atoms with Crippen molar-refractivity contribution in [3.8, 4) is 17.2 Å². The Hall–Kier alpha value is -3.97. The Labute approximate surface area is 184 Å². The zero-order valence-corrected chi connectivity index (χ0v) is 17.5. The number of carbonyl (C=O) groups is 1. The predicted molar refractivity (Wildman–Crippen MR) is 126 cm³/mol. The van der Waals surface area contributed by atoms with Crippen molar-refractivity contribution in [1.29, 1.82) is 0 Å². The third-order valence-corrected chi connectivity index (χ3v) is 4.65. The molecule has 7 heteroatoms. The van der Waals surface area contributed by atoms with Crippen molar-refractivity contribution in [2.24, 2.45) is 0 Å². The van der Waals surface area contributed by atoms with Gasteiger partial charge in [0.2, 0.25) is 11.8 Å². The van der Waals surface area contributed by atoms with Gasteiger partial charge in [-0.05, 0) is 66.3 Å². The number of hydrogen-bond donors (Lipinski definition) is 2. The van der Waals surface area contributed by atoms with Gasteiger partial charge in [-0.15, -0.1) is 0 Å². The molecule has 154 valence electrons. The highest BCUT2D eigenvalue weighted by Gasteiger charge is 2.10. The van der Waals surface area contributed by atoms with Crippen LogP contribution >= 0.6 is 12.2 Å². The second-order valence-electron chi connectivity index (χ2n) is 6.62. The minimum atomic E-state index is -0.314. The zero-order valence-electron chi connectivity index (χ0n) is 16.7. The van der Waals surface area contributed by atoms with Gasteiger partial charge in [-0.1, -0.05) is 30.3 Å². The fourth-order valence-corrected chi connectivity index (χ4v) is 3.13. The van der Waals surface area contributed by atoms with E-state index in [-0.39, 0.29) is 11.0 Å². The van der Waals surface area contributed by atoms with Crippen molar-refractivity contribution in [1.82, 2.24) is 10.3 Å². The van der Waals surface area contributed by atoms with Crippen LogP contribution in [0.15, 0.2) is 83.3 Å². The van der Waals surface area contributed by atoms with E-state index in [2.05, 4.69) is 15.6 Å². The maximum absolute atomic E-state index is 12.1. The Morgan fingerprint density at radius 2 is 1.84 bits per heavy atom. The van der Waals surface area contributed by atoms with Crippen molar-refractivity contribution < 1.29 is 13.9 Å². The molecule has 0 bridgehead atoms. The maximum Gasteiger partial charge on any atom is 0.250 e. The number of nitrogens with one attached hydrogen (secondary N) is 2. The molecule has 0 fully saturated rings. The first-order valence-corrected chi connectivity index (χ1v) is 9.92. The highest BCUT2D eigenvalue weighted by Crippen LogP contribution is 2.27. The monoisotopic (exact) mass is 429 g/mol. The molecule has 0 spiro atoms. The number of amides is 1. The first-order chi connectivity index (χ1) is 15.1. The van der Waals surface area contributed by atoms with Crippen LogP contribution in [-0.2, 0) is 4.79 Å². The molecule has 0 aliphatic heterocycles. The van der Waals surface area contributed by atoms with Crippen LogP contribution in [0.3, 0.4) is 0 Å². The molecule has 3 aromatic carbocycles. The molecule has 0 unspecified atom stereocenters. The third-order valence-electron chi connectivity index (χ3n) is 4.45. The second-order valence-corrected chi connectivity index (χ2v) is 7.03. The highest BCUT2D eigenvalue weighted by molar-refractivity contribution is 7.80. The average Bonchev–Trinajstić information content (AvgIpc) is 3.22. The number of thiocarbonyl (C=S) groups is 1. The lowest BCUT2D eigenvalue weighted by Gasteiger charge is -2.07. The fraction of sp³-hybridized carbons (Fsp3) is 0.0417. The van der Waals surface area contributed by atoms with Gasteiger partial charge in [0.15, 0.2) is 10.7 Å². The summed E-state index contributed by atoms with van der Waals surface area (Å²) in [6, 6.07) is 22.4. The number of anilines is 1. The average molecular weight is 430 g/mol. The molecule has 1 heterocycles. The SMILES string of the molecule is COc1ccc(-c2nc3cc(NC(=S)NC(=O)/C=C/c4ccccc4)ccc3o2)cc1. The van der Waals surface area contributed by atoms with Gasteiger partial charge in [-0.2, -0.15) is 0 Å². The number of methoxy groups -OCH3 is 1. The summed E-state index contributed by atoms with van der Waals surface area (Å²) in [6.45, 7) is 0. The standard InChI is InChI=1S/C24H19N3O3S/c1-29-19-11-8-17(9-12-19)23-26-20-15-18(10-13-21(20)30-23)25-24(31)27-22(28)14-7-16-5-3-2-4-6-16/h2-15H,1H3,(H2,25,27,28,31)/b14-7+. The summed E-state index contributed by atoms with van der Waals surface area (Å²) in [5.41, 5.74) is 3.80. The molecule has 1 aromatic heterocycles. The van der Waals surface area contributed by atoms with Crippen molar-refractivity contribution in [3.63, 3.8) is 0 Å². The van der Waals surface area contributed by atoms with Crippen LogP contribution in [0.4, 0.5) is 5.69 Å². The summed E-state index contributed by atoms with van der Waals surface area (Å²) in [5.74, 6) is 0.961. The van der Waals surface area contributed by atoms with E-state index in [9.17, 15) is 4.79 Å². The van der Waals surface area contributed by atoms with Crippen molar-refractivity contribution in [2.75, 3.05) is 12.4 Å². The summed E-state index contributed by atoms with van der Waals surface area (Å²) >= 11 is 5.24. The maximum atomic E-state index is 12.1. The van der Waals surface area contributed by atoms with Gasteiger partial charge in [0, 0.05) is 17.3 Å². The molecule has 4 rings (SSSR count). The fourth-order valence-electron chi connectivity index (χ4n) is 2.91. The van der Waals surface area contributed by atoms with Gasteiger partial charge in [0.1, 0.15) is 11.3 Å². The minimum absolute atomic E-state index is 0.195. The molecular formula is C24H19N3O3S. The largest absolute Gasteiger partial charge is 0.497 e. The van der Waals surface area contributed by atoms with Crippen LogP contribution in [0.1, 0.15) is 5.56 Å². The van der Waals surface area contributed by atoms with E-state index < -0.39 is 0 Å². The number of carbonyl (C=O) groups excluding carboxylic acids is 1. The molecule has 0 saturated carbocycles. The zero-order chi connectivity index (χ0) is 21.6. The first-order valence-electron chi connectivity index (χ1n) is 9.51. The highest BCUT2D eigenvalue weighted by atomic mass is 32.1. The van der Waals surface area contributed by atoms with Crippen LogP contribution in [-0.4, -0.2) is 23.1 Å². The second kappa shape index (κ2) is 9.23. The number of rotatable bonds is 5. The van der Waals surface area contributed by atoms with E-state index in [1.54, 1.807) is 19.3 Å². The van der Waals surface area contributed by atoms with Crippen LogP contribution in [0.2, 0.25) is 0 Å². The van der Waals surface area contributed by atoms with Crippen LogP contribution in [0.25, 0.3) is 28.6 Å². The molecule has 1 amide bonds. The number of ether oxygens (including phenoxy) is 1. The number of aromatic nitrogens is 1. The summed E-state index contributed by atoms with van der Waals surface area (Å²) in [7, 11) is 1.62. The van der Waals surface area contributed by atoms with Gasteiger partial charge in [0.25, 0.3) is 0 Å². The smallest absolute Gasteiger partial charge is 0.250 e. The number of nitrogens with zero attached hydrogens (tertiary/aromatic N) is 1. The van der Waals surface area contributed by atoms with E-state index in [1.165, 1.54) is 6.08 Å². The summed E-state index contributed by atoms with van der Waals surface area (Å²) in [6.07, 6.45) is 3.16. The van der Waals surface area contributed by atoms with Crippen LogP contribution in [0.5, 0.6) is 5.75 Å². The van der Waals surface area contributed by atoms with E-state index in [0.29, 0.717) is 22.7 Å². The Kier molecular flexibility index (Phi) is 6.05. The molecule has 0 atom stereocenters. The summed E-state index contributed by atoms with van der Waals surface area (Å²) in [5, 5.41) is 5.82. The van der Waals surface area contributed by atoms with Gasteiger partial charge >= 0.3 is 0 Å². The van der Waals surface area contributed by atoms with Gasteiger partial charge in [-0.3, -0.25) is 10.1 Å². The Morgan fingerprint density at radius 1 is 1.06 bits per heavy atom. The summed E-state index contributed by atoms with van der Waals surface area (Å²) in [4.78, 5) is 16.6. The quantitative estimate of drug-likeness (QED) is 0.342. The topological polar surface area (TPSA) is 76.4 Å². The third kappa shape index (κ3) is 5.15. The van der Waals surface area contributed by atoms with Gasteiger partial charge < -0.3 is 14.5 Å². The van der Waals surface area contributed by atoms with Crippen molar-refractivity contribution >= 4 is 46.1 Å². The van der Waals surface area contributed by atoms with E-state index in [0.717, 1.165) is 16.9 Å². The molecular weight excluding hydrogens is 410 g/mol. The Bertz CT molecular complexity index is 1250. The lowest BCUT2D eigenvalue weighted by molar-refractivity contribution is -0.115. The van der Waals surface area contributed by atoms with Crippen LogP contribution in [0, 0.1) is 0 Å². The molecule has 0 saturated heterocycles. The molecule has 2 N–H and O–H groups in total. The van der Waals surface area contributed by atoms with Crippen molar-refractivity contribution in [3.05, 3.63) is 84.4 Å². The van der Waals surface area contributed by atoms with Gasteiger partial charge in [-0.25, -0.2) is 4.98 Å². The van der Waals surface area contributed by atoms with Crippen molar-refractivity contribution in [2.45, 2.75) is 0 Å². The Balaban J connectivity index is 1.41. The molecule has 31 heavy (non-hydrogen) atoms. The molecule has 0 aliphatic carbocycles.